The Morgan fingerprint density at radius 3 is 1.52 bits per heavy atom. The van der Waals surface area contributed by atoms with Gasteiger partial charge in [-0.15, -0.1) is 0 Å². The lowest BCUT2D eigenvalue weighted by Gasteiger charge is -2.29. The summed E-state index contributed by atoms with van der Waals surface area (Å²) in [5.41, 5.74) is 0. The molecule has 0 heterocycles. The number of quaternary nitrogens is 1. The van der Waals surface area contributed by atoms with Crippen LogP contribution in [0.1, 0.15) is 194 Å². The quantitative estimate of drug-likeness (QED) is 0.0274. The second-order valence-electron chi connectivity index (χ2n) is 17.1. The van der Waals surface area contributed by atoms with Crippen molar-refractivity contribution >= 4 is 13.7 Å². The van der Waals surface area contributed by atoms with E-state index in [0.29, 0.717) is 17.4 Å². The Morgan fingerprint density at radius 2 is 1.02 bits per heavy atom. The molecule has 9 heteroatoms. The predicted octanol–water partition coefficient (Wildman–Crippen LogP) is 12.8. The maximum Gasteiger partial charge on any atom is 0.268 e. The normalized spacial score (nSPS) is 14.8. The molecule has 0 aliphatic carbocycles. The van der Waals surface area contributed by atoms with Crippen LogP contribution < -0.4 is 10.2 Å². The summed E-state index contributed by atoms with van der Waals surface area (Å²) in [6, 6.07) is -0.915. The second kappa shape index (κ2) is 40.6. The number of carbonyl (C=O) groups excluding carboxylic acids is 1. The number of amides is 1. The van der Waals surface area contributed by atoms with Gasteiger partial charge in [-0.05, 0) is 77.0 Å². The Morgan fingerprint density at radius 1 is 0.603 bits per heavy atom. The fraction of sp³-hybridized carbons (Fsp3) is 0.776. The molecule has 1 amide bonds. The van der Waals surface area contributed by atoms with Crippen molar-refractivity contribution in [3.05, 3.63) is 60.8 Å². The van der Waals surface area contributed by atoms with E-state index in [0.717, 1.165) is 64.2 Å². The fourth-order valence-electron chi connectivity index (χ4n) is 6.39. The van der Waals surface area contributed by atoms with E-state index in [1.807, 2.05) is 27.2 Å². The Bertz CT molecular complexity index is 1130. The third-order valence-corrected chi connectivity index (χ3v) is 11.1. The number of aliphatic hydroxyl groups is 1. The summed E-state index contributed by atoms with van der Waals surface area (Å²) in [7, 11) is 1.22. The molecule has 58 heavy (non-hydrogen) atoms. The zero-order valence-corrected chi connectivity index (χ0v) is 39.1. The molecule has 0 aliphatic rings. The van der Waals surface area contributed by atoms with Crippen LogP contribution >= 0.6 is 7.82 Å². The SMILES string of the molecule is CCCCCC/C=C\C/C=C\CCCCCCCCCC(=O)NC(COP(=O)([O-])OCC[N+](C)(C)C)C(O)/C=C/CC/C=C/CC/C=C/CCCCCCCCCC. The average molecular weight is 835 g/mol. The molecule has 0 aliphatic heterocycles. The lowest BCUT2D eigenvalue weighted by molar-refractivity contribution is -0.870. The van der Waals surface area contributed by atoms with Gasteiger partial charge in [-0.1, -0.05) is 171 Å². The summed E-state index contributed by atoms with van der Waals surface area (Å²) >= 11 is 0. The number of nitrogens with one attached hydrogen (secondary N) is 1. The molecule has 0 aromatic heterocycles. The van der Waals surface area contributed by atoms with Gasteiger partial charge in [0.2, 0.25) is 5.91 Å². The minimum Gasteiger partial charge on any atom is -0.756 e. The lowest BCUT2D eigenvalue weighted by Crippen LogP contribution is -2.45. The Kier molecular flexibility index (Phi) is 39.3. The molecule has 0 aromatic rings. The van der Waals surface area contributed by atoms with E-state index in [-0.39, 0.29) is 12.5 Å². The monoisotopic (exact) mass is 835 g/mol. The molecular weight excluding hydrogens is 744 g/mol. The first-order valence-corrected chi connectivity index (χ1v) is 25.1. The highest BCUT2D eigenvalue weighted by molar-refractivity contribution is 7.45. The van der Waals surface area contributed by atoms with Gasteiger partial charge in [0.05, 0.1) is 39.9 Å². The van der Waals surface area contributed by atoms with Gasteiger partial charge in [-0.25, -0.2) is 0 Å². The first kappa shape index (κ1) is 56.2. The number of phosphoric ester groups is 1. The molecule has 8 nitrogen and oxygen atoms in total. The van der Waals surface area contributed by atoms with Crippen LogP contribution in [0.3, 0.4) is 0 Å². The molecule has 0 aromatic carbocycles. The molecule has 0 spiro atoms. The highest BCUT2D eigenvalue weighted by atomic mass is 31.2. The van der Waals surface area contributed by atoms with Crippen molar-refractivity contribution in [1.29, 1.82) is 0 Å². The van der Waals surface area contributed by atoms with Crippen molar-refractivity contribution in [2.75, 3.05) is 40.9 Å². The highest BCUT2D eigenvalue weighted by Crippen LogP contribution is 2.38. The fourth-order valence-corrected chi connectivity index (χ4v) is 7.11. The van der Waals surface area contributed by atoms with Crippen LogP contribution in [0.4, 0.5) is 0 Å². The van der Waals surface area contributed by atoms with E-state index >= 15 is 0 Å². The van der Waals surface area contributed by atoms with E-state index in [4.69, 9.17) is 9.05 Å². The second-order valence-corrected chi connectivity index (χ2v) is 18.5. The van der Waals surface area contributed by atoms with E-state index in [1.165, 1.54) is 109 Å². The third-order valence-electron chi connectivity index (χ3n) is 10.2. The van der Waals surface area contributed by atoms with E-state index < -0.39 is 26.6 Å². The first-order chi connectivity index (χ1) is 28.0. The maximum atomic E-state index is 12.9. The number of aliphatic hydroxyl groups excluding tert-OH is 1. The molecule has 338 valence electrons. The molecule has 3 unspecified atom stereocenters. The molecule has 0 saturated heterocycles. The Hall–Kier alpha value is -1.80. The number of phosphoric acid groups is 1. The number of carbonyl (C=O) groups is 1. The van der Waals surface area contributed by atoms with Gasteiger partial charge in [-0.3, -0.25) is 9.36 Å². The van der Waals surface area contributed by atoms with Crippen molar-refractivity contribution in [2.24, 2.45) is 0 Å². The van der Waals surface area contributed by atoms with Gasteiger partial charge < -0.3 is 28.8 Å². The number of hydrogen-bond acceptors (Lipinski definition) is 6. The van der Waals surface area contributed by atoms with Crippen molar-refractivity contribution in [2.45, 2.75) is 206 Å². The van der Waals surface area contributed by atoms with E-state index in [1.54, 1.807) is 6.08 Å². The van der Waals surface area contributed by atoms with Crippen molar-refractivity contribution in [1.82, 2.24) is 5.32 Å². The van der Waals surface area contributed by atoms with Crippen LogP contribution in [-0.2, 0) is 18.4 Å². The standard InChI is InChI=1S/C49H91N2O6P/c1-6-8-10-12-14-16-18-20-22-24-26-28-30-32-34-36-38-40-42-48(52)47(46-57-58(54,55)56-45-44-51(3,4)5)50-49(53)43-41-39-37-35-33-31-29-27-25-23-21-19-17-15-13-11-9-7-2/h17,19,23-26,32,34,40,42,47-48,52H,6-16,18,20-22,27-31,33,35-39,41,43-46H2,1-5H3,(H-,50,53,54,55)/b19-17-,25-23-,26-24+,34-32+,42-40+. The number of rotatable bonds is 42. The zero-order chi connectivity index (χ0) is 42.8. The van der Waals surface area contributed by atoms with Crippen LogP contribution in [0.2, 0.25) is 0 Å². The van der Waals surface area contributed by atoms with Crippen LogP contribution in [0.15, 0.2) is 60.8 Å². The maximum absolute atomic E-state index is 12.9. The van der Waals surface area contributed by atoms with Gasteiger partial charge in [0.15, 0.2) is 0 Å². The van der Waals surface area contributed by atoms with Crippen molar-refractivity contribution in [3.63, 3.8) is 0 Å². The average Bonchev–Trinajstić information content (AvgIpc) is 3.17. The summed E-state index contributed by atoms with van der Waals surface area (Å²) in [6.07, 6.45) is 52.7. The van der Waals surface area contributed by atoms with Gasteiger partial charge in [0, 0.05) is 6.42 Å². The molecular formula is C49H91N2O6P. The zero-order valence-electron chi connectivity index (χ0n) is 38.2. The summed E-state index contributed by atoms with van der Waals surface area (Å²) in [5, 5.41) is 13.8. The predicted molar refractivity (Wildman–Crippen MR) is 247 cm³/mol. The number of allylic oxidation sites excluding steroid dienone is 9. The third kappa shape index (κ3) is 42.3. The van der Waals surface area contributed by atoms with Crippen molar-refractivity contribution < 1.29 is 32.9 Å². The molecule has 0 radical (unpaired) electrons. The van der Waals surface area contributed by atoms with Crippen LogP contribution in [0.25, 0.3) is 0 Å². The Balaban J connectivity index is 4.49. The van der Waals surface area contributed by atoms with E-state index in [2.05, 4.69) is 67.8 Å². The topological polar surface area (TPSA) is 108 Å². The number of likely N-dealkylation sites (N-methyl/N-ethyl adjacent to an activating group) is 1. The largest absolute Gasteiger partial charge is 0.756 e. The minimum atomic E-state index is -4.61. The number of nitrogens with zero attached hydrogens (tertiary/aromatic N) is 1. The summed E-state index contributed by atoms with van der Waals surface area (Å²) in [4.78, 5) is 25.3. The van der Waals surface area contributed by atoms with E-state index in [9.17, 15) is 19.4 Å². The molecule has 0 fully saturated rings. The van der Waals surface area contributed by atoms with Gasteiger partial charge >= 0.3 is 0 Å². The van der Waals surface area contributed by atoms with Crippen LogP contribution in [0, 0.1) is 0 Å². The van der Waals surface area contributed by atoms with Crippen molar-refractivity contribution in [3.8, 4) is 0 Å². The van der Waals surface area contributed by atoms with Crippen LogP contribution in [-0.4, -0.2) is 68.5 Å². The summed E-state index contributed by atoms with van der Waals surface area (Å²) < 4.78 is 23.2. The summed E-state index contributed by atoms with van der Waals surface area (Å²) in [5.74, 6) is -0.222. The van der Waals surface area contributed by atoms with Gasteiger partial charge in [0.25, 0.3) is 7.82 Å². The minimum absolute atomic E-state index is 0.0128. The first-order valence-electron chi connectivity index (χ1n) is 23.7. The van der Waals surface area contributed by atoms with Gasteiger partial charge in [0.1, 0.15) is 13.2 Å². The number of hydrogen-bond donors (Lipinski definition) is 2. The lowest BCUT2D eigenvalue weighted by atomic mass is 10.1. The highest BCUT2D eigenvalue weighted by Gasteiger charge is 2.23. The Labute approximate surface area is 358 Å². The molecule has 0 rings (SSSR count). The van der Waals surface area contributed by atoms with Crippen LogP contribution in [0.5, 0.6) is 0 Å². The molecule has 3 atom stereocenters. The van der Waals surface area contributed by atoms with Gasteiger partial charge in [-0.2, -0.15) is 0 Å². The molecule has 0 bridgehead atoms. The summed E-state index contributed by atoms with van der Waals surface area (Å²) in [6.45, 7) is 4.58. The smallest absolute Gasteiger partial charge is 0.268 e. The molecule has 0 saturated carbocycles. The number of unbranched alkanes of at least 4 members (excludes halogenated alkanes) is 21. The molecule has 2 N–H and O–H groups in total.